The van der Waals surface area contributed by atoms with Gasteiger partial charge in [0.05, 0.1) is 11.1 Å². The summed E-state index contributed by atoms with van der Waals surface area (Å²) in [6.45, 7) is 0. The maximum Gasteiger partial charge on any atom is 0.416 e. The summed E-state index contributed by atoms with van der Waals surface area (Å²) in [5.41, 5.74) is -0.175. The Morgan fingerprint density at radius 2 is 1.73 bits per heavy atom. The van der Waals surface area contributed by atoms with Crippen LogP contribution in [-0.4, -0.2) is 10.9 Å². The van der Waals surface area contributed by atoms with E-state index in [1.54, 1.807) is 6.07 Å². The van der Waals surface area contributed by atoms with Crippen molar-refractivity contribution in [2.45, 2.75) is 6.18 Å². The Morgan fingerprint density at radius 3 is 2.27 bits per heavy atom. The number of alkyl halides is 3. The molecule has 0 unspecified atom stereocenters. The summed E-state index contributed by atoms with van der Waals surface area (Å²) >= 11 is 3.16. The zero-order chi connectivity index (χ0) is 16.3. The molecule has 0 aliphatic rings. The van der Waals surface area contributed by atoms with E-state index >= 15 is 0 Å². The topological polar surface area (TPSA) is 37.3 Å². The van der Waals surface area contributed by atoms with Gasteiger partial charge in [-0.15, -0.1) is 0 Å². The number of allylic oxidation sites excluding steroid dienone is 1. The Bertz CT molecular complexity index is 719. The van der Waals surface area contributed by atoms with E-state index in [-0.39, 0.29) is 11.3 Å². The molecular formula is C16H10BrF3O2. The number of rotatable bonds is 3. The van der Waals surface area contributed by atoms with Gasteiger partial charge in [0.25, 0.3) is 0 Å². The highest BCUT2D eigenvalue weighted by molar-refractivity contribution is 9.10. The van der Waals surface area contributed by atoms with E-state index in [9.17, 15) is 23.1 Å². The lowest BCUT2D eigenvalue weighted by atomic mass is 10.1. The first-order valence-corrected chi connectivity index (χ1v) is 6.95. The minimum Gasteiger partial charge on any atom is -0.507 e. The van der Waals surface area contributed by atoms with Crippen molar-refractivity contribution >= 4 is 27.8 Å². The summed E-state index contributed by atoms with van der Waals surface area (Å²) in [5, 5.41) is 9.68. The molecule has 0 atom stereocenters. The molecule has 0 aromatic heterocycles. The van der Waals surface area contributed by atoms with Gasteiger partial charge in [-0.2, -0.15) is 13.2 Å². The van der Waals surface area contributed by atoms with Gasteiger partial charge in [0.2, 0.25) is 0 Å². The van der Waals surface area contributed by atoms with Crippen LogP contribution in [0.5, 0.6) is 5.75 Å². The summed E-state index contributed by atoms with van der Waals surface area (Å²) in [4.78, 5) is 11.9. The molecule has 22 heavy (non-hydrogen) atoms. The van der Waals surface area contributed by atoms with Crippen LogP contribution >= 0.6 is 15.9 Å². The minimum absolute atomic E-state index is 0.117. The summed E-state index contributed by atoms with van der Waals surface area (Å²) in [7, 11) is 0. The number of aromatic hydroxyl groups is 1. The molecule has 0 amide bonds. The highest BCUT2D eigenvalue weighted by atomic mass is 79.9. The maximum absolute atomic E-state index is 12.4. The summed E-state index contributed by atoms with van der Waals surface area (Å²) < 4.78 is 37.9. The number of halogens is 4. The average Bonchev–Trinajstić information content (AvgIpc) is 2.44. The number of hydrogen-bond donors (Lipinski definition) is 1. The lowest BCUT2D eigenvalue weighted by molar-refractivity contribution is -0.137. The molecule has 114 valence electrons. The largest absolute Gasteiger partial charge is 0.507 e. The Kier molecular flexibility index (Phi) is 4.71. The second-order valence-electron chi connectivity index (χ2n) is 4.48. The standard InChI is InChI=1S/C16H10BrF3O2/c17-12-6-7-13(15(22)9-12)14(21)8-3-10-1-4-11(5-2-10)16(18,19)20/h1-9,22H/b8-3+. The lowest BCUT2D eigenvalue weighted by Crippen LogP contribution is -2.04. The molecule has 0 radical (unpaired) electrons. The Hall–Kier alpha value is -2.08. The number of benzene rings is 2. The Labute approximate surface area is 133 Å². The van der Waals surface area contributed by atoms with Gasteiger partial charge in [-0.3, -0.25) is 4.79 Å². The highest BCUT2D eigenvalue weighted by Gasteiger charge is 2.29. The van der Waals surface area contributed by atoms with E-state index < -0.39 is 17.5 Å². The molecule has 2 nitrogen and oxygen atoms in total. The van der Waals surface area contributed by atoms with Crippen molar-refractivity contribution in [3.8, 4) is 5.75 Å². The van der Waals surface area contributed by atoms with Gasteiger partial charge < -0.3 is 5.11 Å². The molecule has 0 fully saturated rings. The van der Waals surface area contributed by atoms with Crippen LogP contribution in [0.3, 0.4) is 0 Å². The van der Waals surface area contributed by atoms with E-state index in [1.165, 1.54) is 36.4 Å². The molecule has 2 aromatic rings. The van der Waals surface area contributed by atoms with E-state index in [0.29, 0.717) is 10.0 Å². The Balaban J connectivity index is 2.16. The average molecular weight is 371 g/mol. The SMILES string of the molecule is O=C(/C=C/c1ccc(C(F)(F)F)cc1)c1ccc(Br)cc1O. The second kappa shape index (κ2) is 6.36. The molecule has 0 spiro atoms. The third-order valence-corrected chi connectivity index (χ3v) is 3.38. The van der Waals surface area contributed by atoms with Crippen LogP contribution in [0.1, 0.15) is 21.5 Å². The quantitative estimate of drug-likeness (QED) is 0.604. The van der Waals surface area contributed by atoms with Gasteiger partial charge in [0.1, 0.15) is 5.75 Å². The van der Waals surface area contributed by atoms with Crippen LogP contribution in [-0.2, 0) is 6.18 Å². The van der Waals surface area contributed by atoms with Crippen LogP contribution in [0.15, 0.2) is 53.0 Å². The van der Waals surface area contributed by atoms with Gasteiger partial charge >= 0.3 is 6.18 Å². The fourth-order valence-corrected chi connectivity index (χ4v) is 2.11. The number of phenols is 1. The molecule has 6 heteroatoms. The van der Waals surface area contributed by atoms with Crippen molar-refractivity contribution in [3.63, 3.8) is 0 Å². The van der Waals surface area contributed by atoms with Crippen LogP contribution in [0.25, 0.3) is 6.08 Å². The first-order chi connectivity index (χ1) is 10.3. The van der Waals surface area contributed by atoms with Crippen LogP contribution < -0.4 is 0 Å². The molecule has 0 aliphatic carbocycles. The van der Waals surface area contributed by atoms with Gasteiger partial charge in [-0.1, -0.05) is 34.1 Å². The van der Waals surface area contributed by atoms with Gasteiger partial charge in [-0.05, 0) is 42.0 Å². The van der Waals surface area contributed by atoms with Crippen molar-refractivity contribution in [1.29, 1.82) is 0 Å². The summed E-state index contributed by atoms with van der Waals surface area (Å²) in [5.74, 6) is -0.610. The number of hydrogen-bond acceptors (Lipinski definition) is 2. The lowest BCUT2D eigenvalue weighted by Gasteiger charge is -2.06. The highest BCUT2D eigenvalue weighted by Crippen LogP contribution is 2.29. The van der Waals surface area contributed by atoms with Crippen LogP contribution in [0.4, 0.5) is 13.2 Å². The molecule has 0 heterocycles. The van der Waals surface area contributed by atoms with Crippen molar-refractivity contribution < 1.29 is 23.1 Å². The van der Waals surface area contributed by atoms with Gasteiger partial charge in [0, 0.05) is 4.47 Å². The summed E-state index contributed by atoms with van der Waals surface area (Å²) in [6, 6.07) is 8.89. The third-order valence-electron chi connectivity index (χ3n) is 2.89. The molecule has 0 bridgehead atoms. The number of carbonyl (C=O) groups excluding carboxylic acids is 1. The molecule has 0 saturated heterocycles. The zero-order valence-corrected chi connectivity index (χ0v) is 12.6. The van der Waals surface area contributed by atoms with Crippen molar-refractivity contribution in [3.05, 3.63) is 69.7 Å². The van der Waals surface area contributed by atoms with Crippen molar-refractivity contribution in [2.24, 2.45) is 0 Å². The Morgan fingerprint density at radius 1 is 1.09 bits per heavy atom. The van der Waals surface area contributed by atoms with Crippen molar-refractivity contribution in [2.75, 3.05) is 0 Å². The first-order valence-electron chi connectivity index (χ1n) is 6.15. The predicted octanol–water partition coefficient (Wildman–Crippen LogP) is 5.07. The molecule has 2 aromatic carbocycles. The number of carbonyl (C=O) groups is 1. The fourth-order valence-electron chi connectivity index (χ4n) is 1.76. The molecule has 2 rings (SSSR count). The number of phenolic OH excluding ortho intramolecular Hbond substituents is 1. The predicted molar refractivity (Wildman–Crippen MR) is 80.6 cm³/mol. The molecule has 0 saturated carbocycles. The first kappa shape index (κ1) is 16.3. The van der Waals surface area contributed by atoms with E-state index in [2.05, 4.69) is 15.9 Å². The van der Waals surface area contributed by atoms with Gasteiger partial charge in [-0.25, -0.2) is 0 Å². The second-order valence-corrected chi connectivity index (χ2v) is 5.39. The normalized spacial score (nSPS) is 11.8. The third kappa shape index (κ3) is 3.98. The van der Waals surface area contributed by atoms with Crippen LogP contribution in [0, 0.1) is 0 Å². The molecule has 0 aliphatic heterocycles. The molecule has 1 N–H and O–H groups in total. The minimum atomic E-state index is -4.39. The van der Waals surface area contributed by atoms with E-state index in [4.69, 9.17) is 0 Å². The fraction of sp³-hybridized carbons (Fsp3) is 0.0625. The monoisotopic (exact) mass is 370 g/mol. The number of ketones is 1. The van der Waals surface area contributed by atoms with Crippen molar-refractivity contribution in [1.82, 2.24) is 0 Å². The van der Waals surface area contributed by atoms with Gasteiger partial charge in [0.15, 0.2) is 5.78 Å². The van der Waals surface area contributed by atoms with E-state index in [1.807, 2.05) is 0 Å². The van der Waals surface area contributed by atoms with Crippen LogP contribution in [0.2, 0.25) is 0 Å². The molecular weight excluding hydrogens is 361 g/mol. The smallest absolute Gasteiger partial charge is 0.416 e. The van der Waals surface area contributed by atoms with E-state index in [0.717, 1.165) is 12.1 Å². The maximum atomic E-state index is 12.4. The summed E-state index contributed by atoms with van der Waals surface area (Å²) in [6.07, 6.45) is -1.79. The zero-order valence-electron chi connectivity index (χ0n) is 11.1.